The number of alkyl halides is 3. The molecule has 0 aliphatic carbocycles. The number of ether oxygens (including phenoxy) is 1. The van der Waals surface area contributed by atoms with Gasteiger partial charge in [0.15, 0.2) is 5.92 Å². The normalized spacial score (nSPS) is 15.2. The van der Waals surface area contributed by atoms with E-state index >= 15 is 0 Å². The van der Waals surface area contributed by atoms with Gasteiger partial charge in [0.2, 0.25) is 5.91 Å². The minimum absolute atomic E-state index is 0.0167. The van der Waals surface area contributed by atoms with Gasteiger partial charge in [-0.25, -0.2) is 0 Å². The van der Waals surface area contributed by atoms with Crippen LogP contribution >= 0.6 is 11.6 Å². The first-order valence-corrected chi connectivity index (χ1v) is 14.2. The Hall–Kier alpha value is -2.78. The first-order chi connectivity index (χ1) is 19.1. The summed E-state index contributed by atoms with van der Waals surface area (Å²) >= 11 is 6.30. The smallest absolute Gasteiger partial charge is 0.404 e. The number of halogens is 4. The highest BCUT2D eigenvalue weighted by Gasteiger charge is 2.47. The second kappa shape index (κ2) is 15.3. The molecule has 10 heteroatoms. The van der Waals surface area contributed by atoms with Crippen LogP contribution in [0.1, 0.15) is 60.4 Å². The predicted octanol–water partition coefficient (Wildman–Crippen LogP) is 6.16. The number of nitrogens with zero attached hydrogens (tertiary/aromatic N) is 2. The number of amides is 2. The molecule has 0 bridgehead atoms. The van der Waals surface area contributed by atoms with Gasteiger partial charge in [-0.05, 0) is 82.4 Å². The molecule has 0 saturated carbocycles. The number of benzene rings is 2. The van der Waals surface area contributed by atoms with Crippen LogP contribution in [0.3, 0.4) is 0 Å². The van der Waals surface area contributed by atoms with Gasteiger partial charge in [-0.15, -0.1) is 0 Å². The number of hydrogen-bond acceptors (Lipinski definition) is 4. The van der Waals surface area contributed by atoms with Crippen LogP contribution in [-0.2, 0) is 4.79 Å². The fourth-order valence-corrected chi connectivity index (χ4v) is 5.19. The highest BCUT2D eigenvalue weighted by atomic mass is 35.5. The van der Waals surface area contributed by atoms with Crippen molar-refractivity contribution in [2.24, 2.45) is 5.92 Å². The van der Waals surface area contributed by atoms with Gasteiger partial charge in [-0.1, -0.05) is 48.4 Å². The van der Waals surface area contributed by atoms with Gasteiger partial charge in [0.05, 0.1) is 17.2 Å². The van der Waals surface area contributed by atoms with E-state index in [2.05, 4.69) is 10.2 Å². The maximum absolute atomic E-state index is 13.7. The zero-order valence-corrected chi connectivity index (χ0v) is 23.9. The first kappa shape index (κ1) is 31.7. The van der Waals surface area contributed by atoms with Crippen molar-refractivity contribution in [2.45, 2.75) is 50.6 Å². The Balaban J connectivity index is 1.36. The highest BCUT2D eigenvalue weighted by molar-refractivity contribution is 6.34. The molecule has 220 valence electrons. The van der Waals surface area contributed by atoms with Crippen molar-refractivity contribution in [3.05, 3.63) is 64.7 Å². The van der Waals surface area contributed by atoms with Crippen molar-refractivity contribution in [1.29, 1.82) is 0 Å². The minimum Gasteiger partial charge on any atom is -0.494 e. The van der Waals surface area contributed by atoms with Crippen molar-refractivity contribution < 1.29 is 27.5 Å². The van der Waals surface area contributed by atoms with E-state index in [0.29, 0.717) is 61.3 Å². The molecule has 1 fully saturated rings. The maximum Gasteiger partial charge on any atom is 0.404 e. The summed E-state index contributed by atoms with van der Waals surface area (Å²) in [6.07, 6.45) is 0.268. The van der Waals surface area contributed by atoms with E-state index in [1.54, 1.807) is 24.3 Å². The lowest BCUT2D eigenvalue weighted by Crippen LogP contribution is -2.44. The standard InChI is InChI=1S/C30H39ClF3N3O3/c1-36(2)17-8-16-35-28(38)25-13-12-24(21-26(25)31)40-20-7-6-9-22-14-18-37(19-15-22)29(39)27(30(32,33)34)23-10-4-3-5-11-23/h3-5,10-13,21-22,27H,6-9,14-20H2,1-2H3,(H,35,38). The predicted molar refractivity (Wildman–Crippen MR) is 151 cm³/mol. The molecular weight excluding hydrogens is 543 g/mol. The molecule has 0 aromatic heterocycles. The number of carbonyl (C=O) groups excluding carboxylic acids is 2. The molecule has 2 amide bonds. The number of rotatable bonds is 13. The topological polar surface area (TPSA) is 61.9 Å². The van der Waals surface area contributed by atoms with Crippen LogP contribution in [0.5, 0.6) is 5.75 Å². The van der Waals surface area contributed by atoms with Crippen LogP contribution in [0, 0.1) is 5.92 Å². The molecule has 1 atom stereocenters. The molecule has 2 aromatic rings. The van der Waals surface area contributed by atoms with Gasteiger partial charge in [-0.2, -0.15) is 13.2 Å². The summed E-state index contributed by atoms with van der Waals surface area (Å²) < 4.78 is 47.0. The number of hydrogen-bond donors (Lipinski definition) is 1. The van der Waals surface area contributed by atoms with Crippen LogP contribution in [0.2, 0.25) is 5.02 Å². The number of nitrogens with one attached hydrogen (secondary N) is 1. The van der Waals surface area contributed by atoms with Crippen molar-refractivity contribution in [1.82, 2.24) is 15.1 Å². The third-order valence-electron chi connectivity index (χ3n) is 7.16. The molecular formula is C30H39ClF3N3O3. The molecule has 1 saturated heterocycles. The zero-order valence-electron chi connectivity index (χ0n) is 23.2. The van der Waals surface area contributed by atoms with E-state index in [1.165, 1.54) is 29.2 Å². The lowest BCUT2D eigenvalue weighted by Gasteiger charge is -2.35. The van der Waals surface area contributed by atoms with Gasteiger partial charge in [0, 0.05) is 19.6 Å². The summed E-state index contributed by atoms with van der Waals surface area (Å²) in [4.78, 5) is 28.6. The number of unbranched alkanes of at least 4 members (excludes halogenated alkanes) is 1. The van der Waals surface area contributed by atoms with Crippen LogP contribution in [0.25, 0.3) is 0 Å². The van der Waals surface area contributed by atoms with Crippen molar-refractivity contribution >= 4 is 23.4 Å². The van der Waals surface area contributed by atoms with Gasteiger partial charge in [-0.3, -0.25) is 9.59 Å². The second-order valence-corrected chi connectivity index (χ2v) is 11.0. The van der Waals surface area contributed by atoms with E-state index in [9.17, 15) is 22.8 Å². The van der Waals surface area contributed by atoms with Gasteiger partial charge in [0.1, 0.15) is 5.75 Å². The van der Waals surface area contributed by atoms with Crippen LogP contribution < -0.4 is 10.1 Å². The molecule has 1 N–H and O–H groups in total. The van der Waals surface area contributed by atoms with Crippen LogP contribution in [0.4, 0.5) is 13.2 Å². The summed E-state index contributed by atoms with van der Waals surface area (Å²) in [6, 6.07) is 12.4. The Morgan fingerprint density at radius 3 is 2.40 bits per heavy atom. The summed E-state index contributed by atoms with van der Waals surface area (Å²) in [7, 11) is 3.97. The zero-order chi connectivity index (χ0) is 29.1. The Kier molecular flexibility index (Phi) is 12.1. The van der Waals surface area contributed by atoms with Crippen molar-refractivity contribution in [2.75, 3.05) is 46.9 Å². The summed E-state index contributed by atoms with van der Waals surface area (Å²) in [5, 5.41) is 3.21. The third-order valence-corrected chi connectivity index (χ3v) is 7.47. The van der Waals surface area contributed by atoms with Gasteiger partial charge in [0.25, 0.3) is 5.91 Å². The van der Waals surface area contributed by atoms with E-state index in [0.717, 1.165) is 32.2 Å². The molecule has 0 spiro atoms. The lowest BCUT2D eigenvalue weighted by molar-refractivity contribution is -0.172. The molecule has 1 heterocycles. The summed E-state index contributed by atoms with van der Waals surface area (Å²) in [5.74, 6) is -2.23. The molecule has 1 aliphatic heterocycles. The molecule has 0 radical (unpaired) electrons. The minimum atomic E-state index is -4.63. The molecule has 2 aromatic carbocycles. The summed E-state index contributed by atoms with van der Waals surface area (Å²) in [5.41, 5.74) is 0.394. The van der Waals surface area contributed by atoms with Crippen LogP contribution in [0.15, 0.2) is 48.5 Å². The van der Waals surface area contributed by atoms with E-state index < -0.39 is 18.0 Å². The summed E-state index contributed by atoms with van der Waals surface area (Å²) in [6.45, 7) is 2.63. The average Bonchev–Trinajstić information content (AvgIpc) is 2.91. The third kappa shape index (κ3) is 9.70. The van der Waals surface area contributed by atoms with Gasteiger partial charge >= 0.3 is 6.18 Å². The Morgan fingerprint density at radius 1 is 1.07 bits per heavy atom. The van der Waals surface area contributed by atoms with Gasteiger partial charge < -0.3 is 19.9 Å². The molecule has 40 heavy (non-hydrogen) atoms. The maximum atomic E-state index is 13.7. The molecule has 1 aliphatic rings. The number of likely N-dealkylation sites (tertiary alicyclic amines) is 1. The fourth-order valence-electron chi connectivity index (χ4n) is 4.93. The Bertz CT molecular complexity index is 1090. The average molecular weight is 582 g/mol. The lowest BCUT2D eigenvalue weighted by atomic mass is 9.90. The van der Waals surface area contributed by atoms with Crippen molar-refractivity contribution in [3.63, 3.8) is 0 Å². The Morgan fingerprint density at radius 2 is 1.77 bits per heavy atom. The van der Waals surface area contributed by atoms with E-state index in [-0.39, 0.29) is 11.5 Å². The van der Waals surface area contributed by atoms with E-state index in [1.807, 2.05) is 14.1 Å². The molecule has 6 nitrogen and oxygen atoms in total. The molecule has 3 rings (SSSR count). The largest absolute Gasteiger partial charge is 0.494 e. The van der Waals surface area contributed by atoms with Crippen LogP contribution in [-0.4, -0.2) is 74.7 Å². The molecule has 1 unspecified atom stereocenters. The van der Waals surface area contributed by atoms with Crippen molar-refractivity contribution in [3.8, 4) is 5.75 Å². The monoisotopic (exact) mass is 581 g/mol. The first-order valence-electron chi connectivity index (χ1n) is 13.8. The fraction of sp³-hybridized carbons (Fsp3) is 0.533. The SMILES string of the molecule is CN(C)CCCNC(=O)c1ccc(OCCCCC2CCN(C(=O)C(c3ccccc3)C(F)(F)F)CC2)cc1Cl. The highest BCUT2D eigenvalue weighted by Crippen LogP contribution is 2.37. The second-order valence-electron chi connectivity index (χ2n) is 10.6. The number of carbonyl (C=O) groups is 2. The van der Waals surface area contributed by atoms with E-state index in [4.69, 9.17) is 16.3 Å². The Labute approximate surface area is 239 Å². The quantitative estimate of drug-likeness (QED) is 0.288. The number of piperidine rings is 1.